The second-order valence-corrected chi connectivity index (χ2v) is 10.1. The molecule has 0 saturated heterocycles. The summed E-state index contributed by atoms with van der Waals surface area (Å²) >= 11 is 0. The van der Waals surface area contributed by atoms with E-state index in [-0.39, 0.29) is 40.8 Å². The molecule has 4 aliphatic rings. The molecular weight excluding hydrogens is 316 g/mol. The van der Waals surface area contributed by atoms with E-state index in [0.29, 0.717) is 18.8 Å². The SMILES string of the molecule is CC12CCC(O)C[C@@H]1CCC1C2C(=O)CC2(C)C1CCC(=O)C2(C)O. The van der Waals surface area contributed by atoms with E-state index in [0.717, 1.165) is 38.5 Å². The molecule has 0 heterocycles. The molecule has 0 aliphatic heterocycles. The van der Waals surface area contributed by atoms with Crippen molar-refractivity contribution < 1.29 is 19.8 Å². The zero-order valence-electron chi connectivity index (χ0n) is 15.8. The zero-order valence-corrected chi connectivity index (χ0v) is 15.8. The Hall–Kier alpha value is -0.740. The normalized spacial score (nSPS) is 56.0. The molecule has 7 unspecified atom stereocenters. The van der Waals surface area contributed by atoms with Crippen molar-refractivity contribution in [2.45, 2.75) is 83.8 Å². The minimum atomic E-state index is -1.39. The molecule has 0 radical (unpaired) electrons. The quantitative estimate of drug-likeness (QED) is 0.706. The van der Waals surface area contributed by atoms with Crippen LogP contribution in [0, 0.1) is 34.5 Å². The fourth-order valence-electron chi connectivity index (χ4n) is 7.33. The van der Waals surface area contributed by atoms with Crippen LogP contribution < -0.4 is 0 Å². The Bertz CT molecular complexity index is 611. The van der Waals surface area contributed by atoms with E-state index in [9.17, 15) is 19.8 Å². The summed E-state index contributed by atoms with van der Waals surface area (Å²) in [6, 6.07) is 0. The Balaban J connectivity index is 1.72. The van der Waals surface area contributed by atoms with Crippen LogP contribution in [-0.4, -0.2) is 33.5 Å². The molecule has 0 aromatic heterocycles. The number of fused-ring (bicyclic) bond motifs is 5. The number of hydrogen-bond acceptors (Lipinski definition) is 4. The van der Waals surface area contributed by atoms with Gasteiger partial charge in [0.2, 0.25) is 0 Å². The number of rotatable bonds is 0. The molecule has 0 aromatic rings. The fraction of sp³-hybridized carbons (Fsp3) is 0.905. The smallest absolute Gasteiger partial charge is 0.164 e. The Morgan fingerprint density at radius 2 is 1.76 bits per heavy atom. The molecular formula is C21H32O4. The van der Waals surface area contributed by atoms with Crippen molar-refractivity contribution in [2.75, 3.05) is 0 Å². The molecule has 4 aliphatic carbocycles. The maximum Gasteiger partial charge on any atom is 0.164 e. The van der Waals surface area contributed by atoms with Crippen LogP contribution in [0.2, 0.25) is 0 Å². The van der Waals surface area contributed by atoms with Gasteiger partial charge in [-0.2, -0.15) is 0 Å². The average molecular weight is 348 g/mol. The van der Waals surface area contributed by atoms with Crippen molar-refractivity contribution in [1.82, 2.24) is 0 Å². The summed E-state index contributed by atoms with van der Waals surface area (Å²) in [5.74, 6) is 1.15. The standard InChI is InChI=1S/C21H32O4/c1-19-9-8-13(22)10-12(19)4-5-14-15-6-7-17(24)21(3,25)20(15,2)11-16(23)18(14)19/h12-15,18,22,25H,4-11H2,1-3H3/t12-,13?,14?,15?,18?,19?,20?,21?/m0/s1. The summed E-state index contributed by atoms with van der Waals surface area (Å²) < 4.78 is 0. The number of Topliss-reactive ketones (excluding diaryl/α,β-unsaturated/α-hetero) is 2. The maximum atomic E-state index is 13.3. The second-order valence-electron chi connectivity index (χ2n) is 10.1. The highest BCUT2D eigenvalue weighted by molar-refractivity contribution is 5.92. The molecule has 4 nitrogen and oxygen atoms in total. The van der Waals surface area contributed by atoms with E-state index in [1.807, 2.05) is 6.92 Å². The Morgan fingerprint density at radius 1 is 1.04 bits per heavy atom. The van der Waals surface area contributed by atoms with Crippen LogP contribution in [0.4, 0.5) is 0 Å². The first-order valence-corrected chi connectivity index (χ1v) is 10.1. The van der Waals surface area contributed by atoms with E-state index in [1.165, 1.54) is 0 Å². The molecule has 4 saturated carbocycles. The Labute approximate surface area is 150 Å². The summed E-state index contributed by atoms with van der Waals surface area (Å²) in [6.07, 6.45) is 5.94. The Morgan fingerprint density at radius 3 is 2.48 bits per heavy atom. The van der Waals surface area contributed by atoms with E-state index in [4.69, 9.17) is 0 Å². The summed E-state index contributed by atoms with van der Waals surface area (Å²) in [5.41, 5.74) is -2.04. The number of aliphatic hydroxyl groups is 2. The monoisotopic (exact) mass is 348 g/mol. The molecule has 0 spiro atoms. The lowest BCUT2D eigenvalue weighted by Gasteiger charge is -2.63. The van der Waals surface area contributed by atoms with Gasteiger partial charge >= 0.3 is 0 Å². The molecule has 0 bridgehead atoms. The number of aliphatic hydroxyl groups excluding tert-OH is 1. The van der Waals surface area contributed by atoms with Crippen molar-refractivity contribution in [1.29, 1.82) is 0 Å². The lowest BCUT2D eigenvalue weighted by molar-refractivity contribution is -0.199. The lowest BCUT2D eigenvalue weighted by atomic mass is 9.40. The van der Waals surface area contributed by atoms with Gasteiger partial charge in [0.1, 0.15) is 11.4 Å². The van der Waals surface area contributed by atoms with Gasteiger partial charge in [-0.25, -0.2) is 0 Å². The third kappa shape index (κ3) is 2.19. The topological polar surface area (TPSA) is 74.6 Å². The zero-order chi connectivity index (χ0) is 18.2. The number of ketones is 2. The summed E-state index contributed by atoms with van der Waals surface area (Å²) in [7, 11) is 0. The van der Waals surface area contributed by atoms with Crippen molar-refractivity contribution in [3.8, 4) is 0 Å². The molecule has 0 aromatic carbocycles. The summed E-state index contributed by atoms with van der Waals surface area (Å²) in [4.78, 5) is 25.7. The first-order valence-electron chi connectivity index (χ1n) is 10.1. The highest BCUT2D eigenvalue weighted by atomic mass is 16.3. The molecule has 2 N–H and O–H groups in total. The van der Waals surface area contributed by atoms with Crippen LogP contribution >= 0.6 is 0 Å². The van der Waals surface area contributed by atoms with E-state index < -0.39 is 11.0 Å². The first kappa shape index (κ1) is 17.7. The fourth-order valence-corrected chi connectivity index (χ4v) is 7.33. The number of hydrogen-bond donors (Lipinski definition) is 2. The van der Waals surface area contributed by atoms with Crippen molar-refractivity contribution in [3.05, 3.63) is 0 Å². The minimum absolute atomic E-state index is 0.0200. The van der Waals surface area contributed by atoms with Crippen LogP contribution in [0.5, 0.6) is 0 Å². The molecule has 8 atom stereocenters. The van der Waals surface area contributed by atoms with Crippen LogP contribution in [0.1, 0.15) is 72.1 Å². The largest absolute Gasteiger partial charge is 0.393 e. The highest BCUT2D eigenvalue weighted by Gasteiger charge is 2.66. The van der Waals surface area contributed by atoms with Crippen LogP contribution in [0.3, 0.4) is 0 Å². The third-order valence-electron chi connectivity index (χ3n) is 9.05. The first-order chi connectivity index (χ1) is 11.6. The van der Waals surface area contributed by atoms with Crippen molar-refractivity contribution in [2.24, 2.45) is 34.5 Å². The summed E-state index contributed by atoms with van der Waals surface area (Å²) in [6.45, 7) is 5.88. The maximum absolute atomic E-state index is 13.3. The highest BCUT2D eigenvalue weighted by Crippen LogP contribution is 2.65. The minimum Gasteiger partial charge on any atom is -0.393 e. The molecule has 4 rings (SSSR count). The predicted molar refractivity (Wildman–Crippen MR) is 93.8 cm³/mol. The average Bonchev–Trinajstić information content (AvgIpc) is 2.52. The van der Waals surface area contributed by atoms with E-state index in [2.05, 4.69) is 6.92 Å². The van der Waals surface area contributed by atoms with E-state index >= 15 is 0 Å². The van der Waals surface area contributed by atoms with Gasteiger partial charge in [-0.3, -0.25) is 9.59 Å². The van der Waals surface area contributed by atoms with Crippen LogP contribution in [-0.2, 0) is 9.59 Å². The van der Waals surface area contributed by atoms with Gasteiger partial charge in [-0.05, 0) is 68.6 Å². The van der Waals surface area contributed by atoms with Gasteiger partial charge in [-0.15, -0.1) is 0 Å². The van der Waals surface area contributed by atoms with Gasteiger partial charge in [0.15, 0.2) is 5.78 Å². The van der Waals surface area contributed by atoms with Gasteiger partial charge in [0, 0.05) is 24.2 Å². The molecule has 140 valence electrons. The summed E-state index contributed by atoms with van der Waals surface area (Å²) in [5, 5.41) is 21.1. The molecule has 0 amide bonds. The van der Waals surface area contributed by atoms with E-state index in [1.54, 1.807) is 6.92 Å². The molecule has 4 fully saturated rings. The lowest BCUT2D eigenvalue weighted by Crippen LogP contribution is -2.66. The van der Waals surface area contributed by atoms with Crippen LogP contribution in [0.15, 0.2) is 0 Å². The molecule has 25 heavy (non-hydrogen) atoms. The number of carbonyl (C=O) groups excluding carboxylic acids is 2. The number of carbonyl (C=O) groups is 2. The predicted octanol–water partition coefficient (Wildman–Crippen LogP) is 2.89. The van der Waals surface area contributed by atoms with Gasteiger partial charge in [0.05, 0.1) is 6.10 Å². The van der Waals surface area contributed by atoms with Crippen molar-refractivity contribution >= 4 is 11.6 Å². The van der Waals surface area contributed by atoms with Gasteiger partial charge in [0.25, 0.3) is 0 Å². The molecule has 4 heteroatoms. The Kier molecular flexibility index (Phi) is 3.81. The van der Waals surface area contributed by atoms with Crippen molar-refractivity contribution in [3.63, 3.8) is 0 Å². The van der Waals surface area contributed by atoms with Gasteiger partial charge in [-0.1, -0.05) is 13.8 Å². The third-order valence-corrected chi connectivity index (χ3v) is 9.05. The van der Waals surface area contributed by atoms with Gasteiger partial charge < -0.3 is 10.2 Å². The van der Waals surface area contributed by atoms with Crippen LogP contribution in [0.25, 0.3) is 0 Å². The second kappa shape index (κ2) is 5.39.